The Kier molecular flexibility index (Phi) is 3.50. The minimum absolute atomic E-state index is 0.436. The number of rotatable bonds is 4. The predicted octanol–water partition coefficient (Wildman–Crippen LogP) is 2.50. The molecule has 0 spiro atoms. The Hall–Kier alpha value is -1.32. The van der Waals surface area contributed by atoms with Crippen LogP contribution in [0, 0.1) is 6.92 Å². The Balaban J connectivity index is 2.41. The fourth-order valence-corrected chi connectivity index (χ4v) is 2.75. The summed E-state index contributed by atoms with van der Waals surface area (Å²) in [6.07, 6.45) is 5.86. The zero-order valence-corrected chi connectivity index (χ0v) is 10.6. The maximum absolute atomic E-state index is 11.4. The lowest BCUT2D eigenvalue weighted by molar-refractivity contribution is -0.141. The Bertz CT molecular complexity index is 423. The molecule has 94 valence electrons. The third kappa shape index (κ3) is 2.21. The summed E-state index contributed by atoms with van der Waals surface area (Å²) in [6.45, 7) is 3.94. The lowest BCUT2D eigenvalue weighted by atomic mass is 10.0. The largest absolute Gasteiger partial charge is 0.480 e. The number of hydrogen-bond donors (Lipinski definition) is 1. The highest BCUT2D eigenvalue weighted by Gasteiger charge is 2.26. The molecule has 0 bridgehead atoms. The van der Waals surface area contributed by atoms with Gasteiger partial charge in [-0.05, 0) is 39.0 Å². The van der Waals surface area contributed by atoms with Crippen LogP contribution in [0.25, 0.3) is 0 Å². The first-order chi connectivity index (χ1) is 8.15. The Morgan fingerprint density at radius 2 is 2.18 bits per heavy atom. The van der Waals surface area contributed by atoms with Gasteiger partial charge in [-0.3, -0.25) is 0 Å². The van der Waals surface area contributed by atoms with Crippen molar-refractivity contribution in [1.29, 1.82) is 0 Å². The van der Waals surface area contributed by atoms with Crippen molar-refractivity contribution in [3.05, 3.63) is 17.2 Å². The van der Waals surface area contributed by atoms with E-state index in [-0.39, 0.29) is 0 Å². The van der Waals surface area contributed by atoms with Gasteiger partial charge >= 0.3 is 5.97 Å². The molecular weight excluding hydrogens is 216 g/mol. The number of nitrogens with zero attached hydrogens (tertiary/aromatic N) is 2. The van der Waals surface area contributed by atoms with Gasteiger partial charge in [-0.1, -0.05) is 13.3 Å². The van der Waals surface area contributed by atoms with Gasteiger partial charge in [0.05, 0.1) is 5.69 Å². The number of imidazole rings is 1. The molecule has 1 unspecified atom stereocenters. The van der Waals surface area contributed by atoms with Crippen LogP contribution in [0.4, 0.5) is 0 Å². The van der Waals surface area contributed by atoms with Crippen LogP contribution in [-0.4, -0.2) is 20.6 Å². The molecule has 1 aliphatic carbocycles. The van der Waals surface area contributed by atoms with E-state index >= 15 is 0 Å². The predicted molar refractivity (Wildman–Crippen MR) is 65.2 cm³/mol. The van der Waals surface area contributed by atoms with E-state index in [1.54, 1.807) is 0 Å². The van der Waals surface area contributed by atoms with Crippen LogP contribution in [0.2, 0.25) is 0 Å². The minimum Gasteiger partial charge on any atom is -0.480 e. The number of carbonyl (C=O) groups is 1. The first-order valence-electron chi connectivity index (χ1n) is 6.44. The maximum atomic E-state index is 11.4. The lowest BCUT2D eigenvalue weighted by Crippen LogP contribution is -2.22. The molecule has 0 saturated carbocycles. The van der Waals surface area contributed by atoms with Crippen LogP contribution in [0.5, 0.6) is 0 Å². The summed E-state index contributed by atoms with van der Waals surface area (Å²) in [7, 11) is 0. The van der Waals surface area contributed by atoms with Crippen molar-refractivity contribution in [2.45, 2.75) is 58.4 Å². The molecule has 2 rings (SSSR count). The van der Waals surface area contributed by atoms with E-state index in [9.17, 15) is 9.90 Å². The van der Waals surface area contributed by atoms with Crippen molar-refractivity contribution in [2.75, 3.05) is 0 Å². The molecule has 0 aromatic carbocycles. The van der Waals surface area contributed by atoms with Crippen molar-refractivity contribution in [3.8, 4) is 0 Å². The third-order valence-electron chi connectivity index (χ3n) is 3.51. The number of carboxylic acids is 1. The van der Waals surface area contributed by atoms with Crippen molar-refractivity contribution in [3.63, 3.8) is 0 Å². The molecule has 0 fully saturated rings. The zero-order chi connectivity index (χ0) is 12.4. The second-order valence-electron chi connectivity index (χ2n) is 4.77. The van der Waals surface area contributed by atoms with E-state index in [1.807, 2.05) is 18.4 Å². The van der Waals surface area contributed by atoms with E-state index in [1.165, 1.54) is 6.42 Å². The summed E-state index contributed by atoms with van der Waals surface area (Å²) in [4.78, 5) is 15.9. The summed E-state index contributed by atoms with van der Waals surface area (Å²) in [5.74, 6) is 0.124. The van der Waals surface area contributed by atoms with E-state index in [0.717, 1.165) is 42.9 Å². The summed E-state index contributed by atoms with van der Waals surface area (Å²) >= 11 is 0. The molecule has 1 aromatic rings. The minimum atomic E-state index is -0.735. The molecule has 1 atom stereocenters. The smallest absolute Gasteiger partial charge is 0.326 e. The third-order valence-corrected chi connectivity index (χ3v) is 3.51. The zero-order valence-electron chi connectivity index (χ0n) is 10.6. The maximum Gasteiger partial charge on any atom is 0.326 e. The van der Waals surface area contributed by atoms with Crippen LogP contribution in [-0.2, 0) is 17.6 Å². The molecule has 4 heteroatoms. The first-order valence-corrected chi connectivity index (χ1v) is 6.44. The fraction of sp³-hybridized carbons (Fsp3) is 0.692. The number of carboxylic acid groups (broad SMARTS) is 1. The van der Waals surface area contributed by atoms with Gasteiger partial charge in [-0.2, -0.15) is 0 Å². The lowest BCUT2D eigenvalue weighted by Gasteiger charge is -2.20. The monoisotopic (exact) mass is 236 g/mol. The van der Waals surface area contributed by atoms with E-state index < -0.39 is 12.0 Å². The highest BCUT2D eigenvalue weighted by Crippen LogP contribution is 2.27. The van der Waals surface area contributed by atoms with Gasteiger partial charge in [-0.25, -0.2) is 9.78 Å². The fourth-order valence-electron chi connectivity index (χ4n) is 2.75. The summed E-state index contributed by atoms with van der Waals surface area (Å²) < 4.78 is 1.96. The van der Waals surface area contributed by atoms with Gasteiger partial charge in [0, 0.05) is 5.69 Å². The molecule has 1 heterocycles. The highest BCUT2D eigenvalue weighted by atomic mass is 16.4. The van der Waals surface area contributed by atoms with E-state index in [0.29, 0.717) is 6.42 Å². The van der Waals surface area contributed by atoms with Gasteiger partial charge in [0.2, 0.25) is 0 Å². The van der Waals surface area contributed by atoms with E-state index in [4.69, 9.17) is 0 Å². The summed E-state index contributed by atoms with van der Waals surface area (Å²) in [5.41, 5.74) is 2.28. The Morgan fingerprint density at radius 1 is 1.47 bits per heavy atom. The van der Waals surface area contributed by atoms with Crippen molar-refractivity contribution < 1.29 is 9.90 Å². The van der Waals surface area contributed by atoms with Crippen LogP contribution in [0.1, 0.15) is 55.9 Å². The summed E-state index contributed by atoms with van der Waals surface area (Å²) in [5, 5.41) is 9.35. The van der Waals surface area contributed by atoms with Gasteiger partial charge < -0.3 is 9.67 Å². The topological polar surface area (TPSA) is 55.1 Å². The molecule has 1 N–H and O–H groups in total. The molecule has 0 saturated heterocycles. The second-order valence-corrected chi connectivity index (χ2v) is 4.77. The standard InChI is InChI=1S/C13H20N2O2/c1-3-6-12(13(16)17)15-9(2)14-10-7-4-5-8-11(10)15/h12H,3-8H2,1-2H3,(H,16,17). The van der Waals surface area contributed by atoms with Crippen molar-refractivity contribution in [2.24, 2.45) is 0 Å². The second kappa shape index (κ2) is 4.90. The molecule has 17 heavy (non-hydrogen) atoms. The average molecular weight is 236 g/mol. The summed E-state index contributed by atoms with van der Waals surface area (Å²) in [6, 6.07) is -0.436. The quantitative estimate of drug-likeness (QED) is 0.873. The molecular formula is C13H20N2O2. The molecule has 0 aliphatic heterocycles. The van der Waals surface area contributed by atoms with Crippen LogP contribution < -0.4 is 0 Å². The van der Waals surface area contributed by atoms with Crippen LogP contribution >= 0.6 is 0 Å². The molecule has 0 radical (unpaired) electrons. The highest BCUT2D eigenvalue weighted by molar-refractivity contribution is 5.72. The normalized spacial score (nSPS) is 16.6. The number of aliphatic carboxylic acids is 1. The van der Waals surface area contributed by atoms with E-state index in [2.05, 4.69) is 4.98 Å². The number of fused-ring (bicyclic) bond motifs is 1. The molecule has 4 nitrogen and oxygen atoms in total. The van der Waals surface area contributed by atoms with Gasteiger partial charge in [0.1, 0.15) is 11.9 Å². The van der Waals surface area contributed by atoms with Crippen LogP contribution in [0.15, 0.2) is 0 Å². The molecule has 1 aliphatic rings. The van der Waals surface area contributed by atoms with Gasteiger partial charge in [-0.15, -0.1) is 0 Å². The van der Waals surface area contributed by atoms with Crippen molar-refractivity contribution >= 4 is 5.97 Å². The first kappa shape index (κ1) is 12.1. The SMILES string of the molecule is CCCC(C(=O)O)n1c(C)nc2c1CCCC2. The Morgan fingerprint density at radius 3 is 2.82 bits per heavy atom. The van der Waals surface area contributed by atoms with Crippen molar-refractivity contribution in [1.82, 2.24) is 9.55 Å². The van der Waals surface area contributed by atoms with Gasteiger partial charge in [0.15, 0.2) is 0 Å². The van der Waals surface area contributed by atoms with Crippen LogP contribution in [0.3, 0.4) is 0 Å². The number of aromatic nitrogens is 2. The van der Waals surface area contributed by atoms with Gasteiger partial charge in [0.25, 0.3) is 0 Å². The average Bonchev–Trinajstić information content (AvgIpc) is 2.62. The molecule has 0 amide bonds. The number of hydrogen-bond acceptors (Lipinski definition) is 2. The Labute approximate surface area is 102 Å². The molecule has 1 aromatic heterocycles. The number of aryl methyl sites for hydroxylation is 2.